The van der Waals surface area contributed by atoms with E-state index in [0.717, 1.165) is 9.54 Å². The lowest BCUT2D eigenvalue weighted by Gasteiger charge is -2.06. The van der Waals surface area contributed by atoms with E-state index in [1.807, 2.05) is 6.92 Å². The van der Waals surface area contributed by atoms with Crippen LogP contribution >= 0.6 is 0 Å². The Labute approximate surface area is 111 Å². The van der Waals surface area contributed by atoms with Crippen LogP contribution < -0.4 is 5.11 Å². The fraction of sp³-hybridized carbons (Fsp3) is 0.154. The van der Waals surface area contributed by atoms with Crippen LogP contribution in [0, 0.1) is 6.92 Å². The molecule has 6 heteroatoms. The Morgan fingerprint density at radius 3 is 2.42 bits per heavy atom. The highest BCUT2D eigenvalue weighted by molar-refractivity contribution is 7.90. The predicted octanol–water partition coefficient (Wildman–Crippen LogP) is 0.326. The minimum absolute atomic E-state index is 0.161. The summed E-state index contributed by atoms with van der Waals surface area (Å²) in [5.41, 5.74) is 1.35. The Kier molecular flexibility index (Phi) is 3.44. The number of aryl methyl sites for hydroxylation is 1. The molecule has 0 atom stereocenters. The van der Waals surface area contributed by atoms with Gasteiger partial charge in [-0.25, -0.2) is 12.4 Å². The van der Waals surface area contributed by atoms with Crippen LogP contribution in [-0.4, -0.2) is 18.4 Å². The molecule has 5 nitrogen and oxygen atoms in total. The van der Waals surface area contributed by atoms with Gasteiger partial charge >= 0.3 is 0 Å². The molecule has 0 saturated carbocycles. The molecule has 1 heterocycles. The molecule has 1 aromatic carbocycles. The van der Waals surface area contributed by atoms with Gasteiger partial charge in [0.1, 0.15) is 0 Å². The van der Waals surface area contributed by atoms with E-state index >= 15 is 0 Å². The minimum Gasteiger partial charge on any atom is -0.550 e. The summed E-state index contributed by atoms with van der Waals surface area (Å²) in [6.45, 7) is 1.87. The monoisotopic (exact) mass is 278 g/mol. The highest BCUT2D eigenvalue weighted by Crippen LogP contribution is 2.16. The molecule has 0 N–H and O–H groups in total. The van der Waals surface area contributed by atoms with Crippen LogP contribution in [0.3, 0.4) is 0 Å². The fourth-order valence-electron chi connectivity index (χ4n) is 1.67. The number of aromatic nitrogens is 1. The number of benzene rings is 1. The van der Waals surface area contributed by atoms with Crippen LogP contribution in [-0.2, 0) is 21.2 Å². The maximum absolute atomic E-state index is 12.2. The third-order valence-corrected chi connectivity index (χ3v) is 4.32. The van der Waals surface area contributed by atoms with E-state index < -0.39 is 16.0 Å². The van der Waals surface area contributed by atoms with E-state index in [9.17, 15) is 18.3 Å². The Morgan fingerprint density at radius 1 is 1.21 bits per heavy atom. The zero-order valence-corrected chi connectivity index (χ0v) is 11.1. The first-order chi connectivity index (χ1) is 8.89. The van der Waals surface area contributed by atoms with Crippen molar-refractivity contribution in [3.8, 4) is 0 Å². The van der Waals surface area contributed by atoms with Gasteiger partial charge in [0.15, 0.2) is 0 Å². The second kappa shape index (κ2) is 4.89. The van der Waals surface area contributed by atoms with Gasteiger partial charge in [-0.15, -0.1) is 0 Å². The lowest BCUT2D eigenvalue weighted by Crippen LogP contribution is -2.24. The maximum Gasteiger partial charge on any atom is 0.267 e. The van der Waals surface area contributed by atoms with E-state index in [-0.39, 0.29) is 11.3 Å². The summed E-state index contributed by atoms with van der Waals surface area (Å²) in [5, 5.41) is 10.5. The molecule has 19 heavy (non-hydrogen) atoms. The Hall–Kier alpha value is -2.08. The summed E-state index contributed by atoms with van der Waals surface area (Å²) < 4.78 is 25.5. The number of carbonyl (C=O) groups excluding carboxylic acids is 1. The van der Waals surface area contributed by atoms with Crippen molar-refractivity contribution in [3.05, 3.63) is 53.9 Å². The summed E-state index contributed by atoms with van der Waals surface area (Å²) in [5.74, 6) is -1.24. The molecule has 0 aliphatic rings. The van der Waals surface area contributed by atoms with Gasteiger partial charge in [0.05, 0.1) is 4.90 Å². The molecule has 2 aromatic rings. The lowest BCUT2D eigenvalue weighted by atomic mass is 10.2. The van der Waals surface area contributed by atoms with Crippen molar-refractivity contribution < 1.29 is 18.3 Å². The molecule has 0 radical (unpaired) electrons. The zero-order chi connectivity index (χ0) is 14.0. The van der Waals surface area contributed by atoms with Crippen molar-refractivity contribution in [3.63, 3.8) is 0 Å². The second-order valence-corrected chi connectivity index (χ2v) is 6.06. The Bertz CT molecular complexity index is 698. The standard InChI is InChI=1S/C13H13NO4S/c1-10-2-4-12(5-3-10)19(17,18)14-7-6-11(9-14)8-13(15)16/h2-7,9H,8H2,1H3,(H,15,16)/p-1. The van der Waals surface area contributed by atoms with Gasteiger partial charge in [-0.1, -0.05) is 17.7 Å². The molecule has 1 aromatic heterocycles. The van der Waals surface area contributed by atoms with Crippen molar-refractivity contribution in [1.82, 2.24) is 3.97 Å². The number of carboxylic acids is 1. The zero-order valence-electron chi connectivity index (χ0n) is 10.2. The number of rotatable bonds is 4. The van der Waals surface area contributed by atoms with Crippen LogP contribution in [0.2, 0.25) is 0 Å². The van der Waals surface area contributed by atoms with Crippen molar-refractivity contribution in [1.29, 1.82) is 0 Å². The van der Waals surface area contributed by atoms with Gasteiger partial charge < -0.3 is 9.90 Å². The van der Waals surface area contributed by atoms with Crippen LogP contribution in [0.25, 0.3) is 0 Å². The molecular formula is C13H12NO4S-. The molecule has 0 unspecified atom stereocenters. The smallest absolute Gasteiger partial charge is 0.267 e. The van der Waals surface area contributed by atoms with E-state index in [1.54, 1.807) is 12.1 Å². The van der Waals surface area contributed by atoms with E-state index in [0.29, 0.717) is 5.56 Å². The third kappa shape index (κ3) is 2.85. The molecule has 0 amide bonds. The predicted molar refractivity (Wildman–Crippen MR) is 66.9 cm³/mol. The first-order valence-electron chi connectivity index (χ1n) is 5.58. The molecule has 0 fully saturated rings. The average molecular weight is 278 g/mol. The number of aliphatic carboxylic acids is 1. The van der Waals surface area contributed by atoms with Gasteiger partial charge in [0, 0.05) is 24.8 Å². The quantitative estimate of drug-likeness (QED) is 0.807. The van der Waals surface area contributed by atoms with E-state index in [2.05, 4.69) is 0 Å². The summed E-state index contributed by atoms with van der Waals surface area (Å²) >= 11 is 0. The molecule has 0 spiro atoms. The van der Waals surface area contributed by atoms with Crippen molar-refractivity contribution in [2.24, 2.45) is 0 Å². The molecule has 0 bridgehead atoms. The van der Waals surface area contributed by atoms with Crippen molar-refractivity contribution in [2.45, 2.75) is 18.2 Å². The molecule has 0 aliphatic carbocycles. The van der Waals surface area contributed by atoms with Gasteiger partial charge in [0.25, 0.3) is 10.0 Å². The summed E-state index contributed by atoms with van der Waals surface area (Å²) in [6, 6.07) is 7.89. The Morgan fingerprint density at radius 2 is 1.84 bits per heavy atom. The largest absolute Gasteiger partial charge is 0.550 e. The summed E-state index contributed by atoms with van der Waals surface area (Å²) in [4.78, 5) is 10.6. The number of carboxylic acid groups (broad SMARTS) is 1. The SMILES string of the molecule is Cc1ccc(S(=O)(=O)n2ccc(CC(=O)[O-])c2)cc1. The minimum atomic E-state index is -3.67. The van der Waals surface area contributed by atoms with E-state index in [1.165, 1.54) is 30.6 Å². The first-order valence-corrected chi connectivity index (χ1v) is 7.02. The van der Waals surface area contributed by atoms with Gasteiger partial charge in [-0.2, -0.15) is 0 Å². The summed E-state index contributed by atoms with van der Waals surface area (Å²) in [7, 11) is -3.67. The van der Waals surface area contributed by atoms with Gasteiger partial charge in [-0.05, 0) is 30.7 Å². The van der Waals surface area contributed by atoms with Gasteiger partial charge in [-0.3, -0.25) is 0 Å². The molecular weight excluding hydrogens is 266 g/mol. The molecule has 2 rings (SSSR count). The maximum atomic E-state index is 12.2. The molecule has 0 aliphatic heterocycles. The number of hydrogen-bond donors (Lipinski definition) is 0. The number of nitrogens with zero attached hydrogens (tertiary/aromatic N) is 1. The van der Waals surface area contributed by atoms with Crippen molar-refractivity contribution in [2.75, 3.05) is 0 Å². The van der Waals surface area contributed by atoms with E-state index in [4.69, 9.17) is 0 Å². The molecule has 0 saturated heterocycles. The first kappa shape index (κ1) is 13.4. The van der Waals surface area contributed by atoms with Crippen LogP contribution in [0.4, 0.5) is 0 Å². The Balaban J connectivity index is 2.37. The van der Waals surface area contributed by atoms with Crippen molar-refractivity contribution >= 4 is 16.0 Å². The van der Waals surface area contributed by atoms with Crippen LogP contribution in [0.5, 0.6) is 0 Å². The lowest BCUT2D eigenvalue weighted by molar-refractivity contribution is -0.304. The third-order valence-electron chi connectivity index (χ3n) is 2.67. The van der Waals surface area contributed by atoms with Gasteiger partial charge in [0.2, 0.25) is 0 Å². The van der Waals surface area contributed by atoms with Crippen LogP contribution in [0.15, 0.2) is 47.6 Å². The summed E-state index contributed by atoms with van der Waals surface area (Å²) in [6.07, 6.45) is 2.30. The average Bonchev–Trinajstić information content (AvgIpc) is 2.78. The normalized spacial score (nSPS) is 11.4. The number of hydrogen-bond acceptors (Lipinski definition) is 4. The highest BCUT2D eigenvalue weighted by Gasteiger charge is 2.16. The van der Waals surface area contributed by atoms with Crippen LogP contribution in [0.1, 0.15) is 11.1 Å². The second-order valence-electron chi connectivity index (χ2n) is 4.22. The number of carbonyl (C=O) groups is 1. The highest BCUT2D eigenvalue weighted by atomic mass is 32.2. The molecule has 100 valence electrons. The topological polar surface area (TPSA) is 79.2 Å². The fourth-order valence-corrected chi connectivity index (χ4v) is 2.89.